The Labute approximate surface area is 100 Å². The highest BCUT2D eigenvalue weighted by molar-refractivity contribution is 5.49. The van der Waals surface area contributed by atoms with E-state index >= 15 is 0 Å². The highest BCUT2D eigenvalue weighted by atomic mass is 16.3. The number of rotatable bonds is 2. The Hall–Kier alpha value is -1.56. The number of anilines is 3. The highest BCUT2D eigenvalue weighted by Gasteiger charge is 2.21. The zero-order chi connectivity index (χ0) is 12.3. The van der Waals surface area contributed by atoms with E-state index in [2.05, 4.69) is 15.3 Å². The molecule has 0 aliphatic heterocycles. The second-order valence-corrected chi connectivity index (χ2v) is 4.49. The van der Waals surface area contributed by atoms with Crippen molar-refractivity contribution in [2.45, 2.75) is 44.2 Å². The number of aliphatic hydroxyl groups excluding tert-OH is 1. The molecule has 0 radical (unpaired) electrons. The van der Waals surface area contributed by atoms with Gasteiger partial charge in [0.1, 0.15) is 11.6 Å². The largest absolute Gasteiger partial charge is 0.391 e. The van der Waals surface area contributed by atoms with Crippen molar-refractivity contribution >= 4 is 17.6 Å². The zero-order valence-electron chi connectivity index (χ0n) is 9.76. The van der Waals surface area contributed by atoms with Gasteiger partial charge in [0.25, 0.3) is 0 Å². The van der Waals surface area contributed by atoms with Gasteiger partial charge < -0.3 is 21.9 Å². The molecule has 0 spiro atoms. The van der Waals surface area contributed by atoms with Crippen LogP contribution in [0.2, 0.25) is 0 Å². The third-order valence-corrected chi connectivity index (χ3v) is 3.08. The van der Waals surface area contributed by atoms with Gasteiger partial charge in [0.2, 0.25) is 5.95 Å². The molecule has 1 aromatic rings. The van der Waals surface area contributed by atoms with Crippen molar-refractivity contribution in [3.63, 3.8) is 0 Å². The van der Waals surface area contributed by atoms with Crippen molar-refractivity contribution in [3.8, 4) is 0 Å². The first-order valence-electron chi connectivity index (χ1n) is 6.00. The third-order valence-electron chi connectivity index (χ3n) is 3.08. The van der Waals surface area contributed by atoms with Gasteiger partial charge in [-0.3, -0.25) is 0 Å². The standard InChI is InChI=1S/C11H19N5O/c12-9-6-10(16-11(13)15-9)14-7-4-2-1-3-5-8(7)17/h6-8,17H,1-5H2,(H5,12,13,14,15,16). The zero-order valence-corrected chi connectivity index (χ0v) is 9.76. The van der Waals surface area contributed by atoms with Crippen molar-refractivity contribution in [1.29, 1.82) is 0 Å². The Morgan fingerprint density at radius 3 is 2.71 bits per heavy atom. The molecule has 6 N–H and O–H groups in total. The number of nitrogens with two attached hydrogens (primary N) is 2. The predicted molar refractivity (Wildman–Crippen MR) is 67.4 cm³/mol. The van der Waals surface area contributed by atoms with E-state index in [9.17, 15) is 5.11 Å². The molecule has 0 bridgehead atoms. The molecule has 6 nitrogen and oxygen atoms in total. The summed E-state index contributed by atoms with van der Waals surface area (Å²) >= 11 is 0. The first kappa shape index (κ1) is 11.9. The molecule has 2 unspecified atom stereocenters. The highest BCUT2D eigenvalue weighted by Crippen LogP contribution is 2.21. The van der Waals surface area contributed by atoms with Crippen LogP contribution in [-0.4, -0.2) is 27.2 Å². The van der Waals surface area contributed by atoms with Gasteiger partial charge in [0, 0.05) is 6.07 Å². The lowest BCUT2D eigenvalue weighted by molar-refractivity contribution is 0.144. The predicted octanol–water partition coefficient (Wildman–Crippen LogP) is 0.746. The first-order chi connectivity index (χ1) is 8.15. The van der Waals surface area contributed by atoms with Crippen molar-refractivity contribution in [3.05, 3.63) is 6.07 Å². The molecule has 94 valence electrons. The van der Waals surface area contributed by atoms with Gasteiger partial charge in [-0.2, -0.15) is 9.97 Å². The molecule has 6 heteroatoms. The summed E-state index contributed by atoms with van der Waals surface area (Å²) in [6.45, 7) is 0. The summed E-state index contributed by atoms with van der Waals surface area (Å²) < 4.78 is 0. The van der Waals surface area contributed by atoms with E-state index < -0.39 is 0 Å². The Morgan fingerprint density at radius 1 is 1.18 bits per heavy atom. The van der Waals surface area contributed by atoms with Gasteiger partial charge in [-0.15, -0.1) is 0 Å². The SMILES string of the molecule is Nc1cc(NC2CCCCCC2O)nc(N)n1. The van der Waals surface area contributed by atoms with Crippen LogP contribution < -0.4 is 16.8 Å². The fourth-order valence-corrected chi connectivity index (χ4v) is 2.21. The molecule has 0 amide bonds. The molecule has 17 heavy (non-hydrogen) atoms. The monoisotopic (exact) mass is 237 g/mol. The minimum absolute atomic E-state index is 0.0196. The molecule has 0 saturated heterocycles. The van der Waals surface area contributed by atoms with Crippen molar-refractivity contribution in [2.24, 2.45) is 0 Å². The maximum absolute atomic E-state index is 9.98. The van der Waals surface area contributed by atoms with E-state index in [1.807, 2.05) is 0 Å². The van der Waals surface area contributed by atoms with Gasteiger partial charge in [-0.1, -0.05) is 19.3 Å². The van der Waals surface area contributed by atoms with Gasteiger partial charge in [-0.05, 0) is 12.8 Å². The first-order valence-corrected chi connectivity index (χ1v) is 6.00. The molecular formula is C11H19N5O. The second kappa shape index (κ2) is 5.18. The number of aliphatic hydroxyl groups is 1. The second-order valence-electron chi connectivity index (χ2n) is 4.49. The molecule has 2 rings (SSSR count). The van der Waals surface area contributed by atoms with Crippen molar-refractivity contribution < 1.29 is 5.11 Å². The molecule has 1 saturated carbocycles. The summed E-state index contributed by atoms with van der Waals surface area (Å²) in [7, 11) is 0. The smallest absolute Gasteiger partial charge is 0.223 e. The lowest BCUT2D eigenvalue weighted by atomic mass is 10.1. The van der Waals surface area contributed by atoms with Crippen LogP contribution in [-0.2, 0) is 0 Å². The molecule has 1 heterocycles. The number of hydrogen-bond donors (Lipinski definition) is 4. The quantitative estimate of drug-likeness (QED) is 0.565. The fourth-order valence-electron chi connectivity index (χ4n) is 2.21. The average molecular weight is 237 g/mol. The van der Waals surface area contributed by atoms with Crippen LogP contribution in [0, 0.1) is 0 Å². The van der Waals surface area contributed by atoms with Crippen molar-refractivity contribution in [2.75, 3.05) is 16.8 Å². The molecular weight excluding hydrogens is 218 g/mol. The van der Waals surface area contributed by atoms with E-state index in [-0.39, 0.29) is 18.1 Å². The molecule has 1 fully saturated rings. The Kier molecular flexibility index (Phi) is 3.63. The maximum atomic E-state index is 9.98. The summed E-state index contributed by atoms with van der Waals surface area (Å²) in [5.74, 6) is 1.07. The van der Waals surface area contributed by atoms with Gasteiger partial charge >= 0.3 is 0 Å². The molecule has 0 aromatic carbocycles. The van der Waals surface area contributed by atoms with Crippen LogP contribution in [0.4, 0.5) is 17.6 Å². The maximum Gasteiger partial charge on any atom is 0.223 e. The number of nitrogens with zero attached hydrogens (tertiary/aromatic N) is 2. The van der Waals surface area contributed by atoms with E-state index in [0.717, 1.165) is 25.7 Å². The lowest BCUT2D eigenvalue weighted by Crippen LogP contribution is -2.32. The van der Waals surface area contributed by atoms with Crippen LogP contribution in [0.1, 0.15) is 32.1 Å². The number of nitrogens with one attached hydrogen (secondary N) is 1. The van der Waals surface area contributed by atoms with Crippen LogP contribution in [0.25, 0.3) is 0 Å². The van der Waals surface area contributed by atoms with Crippen LogP contribution in [0.3, 0.4) is 0 Å². The van der Waals surface area contributed by atoms with E-state index in [1.54, 1.807) is 6.07 Å². The Bertz CT molecular complexity index is 364. The molecule has 1 aromatic heterocycles. The fraction of sp³-hybridized carbons (Fsp3) is 0.636. The Balaban J connectivity index is 2.07. The number of aromatic nitrogens is 2. The third kappa shape index (κ3) is 3.20. The summed E-state index contributed by atoms with van der Waals surface area (Å²) in [5, 5.41) is 13.2. The van der Waals surface area contributed by atoms with Gasteiger partial charge in [-0.25, -0.2) is 0 Å². The van der Waals surface area contributed by atoms with Gasteiger partial charge in [0.15, 0.2) is 0 Å². The average Bonchev–Trinajstić information content (AvgIpc) is 2.43. The molecule has 1 aliphatic carbocycles. The van der Waals surface area contributed by atoms with E-state index in [4.69, 9.17) is 11.5 Å². The summed E-state index contributed by atoms with van der Waals surface area (Å²) in [5.41, 5.74) is 11.1. The summed E-state index contributed by atoms with van der Waals surface area (Å²) in [6, 6.07) is 1.65. The van der Waals surface area contributed by atoms with Crippen molar-refractivity contribution in [1.82, 2.24) is 9.97 Å². The minimum Gasteiger partial charge on any atom is -0.391 e. The lowest BCUT2D eigenvalue weighted by Gasteiger charge is -2.22. The summed E-state index contributed by atoms with van der Waals surface area (Å²) in [6.07, 6.45) is 4.79. The normalized spacial score (nSPS) is 25.2. The minimum atomic E-state index is -0.338. The van der Waals surface area contributed by atoms with E-state index in [1.165, 1.54) is 6.42 Å². The number of nitrogen functional groups attached to an aromatic ring is 2. The Morgan fingerprint density at radius 2 is 1.94 bits per heavy atom. The molecule has 2 atom stereocenters. The van der Waals surface area contributed by atoms with Gasteiger partial charge in [0.05, 0.1) is 12.1 Å². The van der Waals surface area contributed by atoms with Crippen LogP contribution in [0.5, 0.6) is 0 Å². The van der Waals surface area contributed by atoms with Crippen LogP contribution >= 0.6 is 0 Å². The van der Waals surface area contributed by atoms with Crippen LogP contribution in [0.15, 0.2) is 6.07 Å². The summed E-state index contributed by atoms with van der Waals surface area (Å²) in [4.78, 5) is 7.86. The molecule has 1 aliphatic rings. The van der Waals surface area contributed by atoms with E-state index in [0.29, 0.717) is 11.6 Å². The number of hydrogen-bond acceptors (Lipinski definition) is 6. The topological polar surface area (TPSA) is 110 Å².